The van der Waals surface area contributed by atoms with Crippen molar-refractivity contribution in [2.24, 2.45) is 0 Å². The van der Waals surface area contributed by atoms with Crippen LogP contribution in [-0.2, 0) is 24.2 Å². The second-order valence-electron chi connectivity index (χ2n) is 2.82. The van der Waals surface area contributed by atoms with Crippen LogP contribution in [0.2, 0.25) is 0 Å². The van der Waals surface area contributed by atoms with Crippen LogP contribution >= 0.6 is 11.8 Å². The van der Waals surface area contributed by atoms with E-state index in [4.69, 9.17) is 10.8 Å². The number of esters is 1. The van der Waals surface area contributed by atoms with Gasteiger partial charge in [-0.2, -0.15) is 0 Å². The van der Waals surface area contributed by atoms with E-state index in [2.05, 4.69) is 4.74 Å². The van der Waals surface area contributed by atoms with Gasteiger partial charge in [-0.1, -0.05) is 0 Å². The first-order valence-electron chi connectivity index (χ1n) is 4.40. The molecular weight excluding hydrogens is 280 g/mol. The predicted octanol–water partition coefficient (Wildman–Crippen LogP) is 1.14. The van der Waals surface area contributed by atoms with Gasteiger partial charge in [0.25, 0.3) is 0 Å². The molecule has 1 aromatic rings. The number of nitrogens with two attached hydrogens (primary N) is 1. The number of aliphatic hydroxyl groups is 1. The van der Waals surface area contributed by atoms with E-state index in [9.17, 15) is 4.79 Å². The molecule has 0 aromatic heterocycles. The Balaban J connectivity index is 0.00000225. The third-order valence-corrected chi connectivity index (χ3v) is 2.85. The third-order valence-electron chi connectivity index (χ3n) is 1.78. The molecule has 0 saturated heterocycles. The van der Waals surface area contributed by atoms with Gasteiger partial charge in [0.2, 0.25) is 0 Å². The van der Waals surface area contributed by atoms with Gasteiger partial charge in [0.15, 0.2) is 0 Å². The zero-order chi connectivity index (χ0) is 11.3. The van der Waals surface area contributed by atoms with Crippen molar-refractivity contribution >= 4 is 23.4 Å². The molecule has 0 bridgehead atoms. The molecule has 0 heterocycles. The Kier molecular flexibility index (Phi) is 7.38. The average molecular weight is 293 g/mol. The van der Waals surface area contributed by atoms with E-state index >= 15 is 0 Å². The summed E-state index contributed by atoms with van der Waals surface area (Å²) < 4.78 is 4.57. The first kappa shape index (κ1) is 15.4. The Morgan fingerprint density at radius 2 is 2.25 bits per heavy atom. The van der Waals surface area contributed by atoms with Crippen LogP contribution in [0.5, 0.6) is 0 Å². The number of nitrogen functional groups attached to an aromatic ring is 1. The summed E-state index contributed by atoms with van der Waals surface area (Å²) in [6.45, 7) is 0.100. The number of hydrogen-bond acceptors (Lipinski definition) is 5. The number of carbonyl (C=O) groups excluding carboxylic acids is 1. The number of aliphatic hydroxyl groups excluding tert-OH is 1. The molecule has 0 spiro atoms. The summed E-state index contributed by atoms with van der Waals surface area (Å²) in [5, 5.41) is 8.66. The number of benzene rings is 1. The fraction of sp³-hybridized carbons (Fsp3) is 0.300. The number of ether oxygens (including phenoxy) is 1. The first-order valence-corrected chi connectivity index (χ1v) is 5.39. The van der Waals surface area contributed by atoms with Gasteiger partial charge < -0.3 is 15.6 Å². The number of anilines is 1. The maximum atomic E-state index is 11.2. The van der Waals surface area contributed by atoms with Crippen molar-refractivity contribution in [3.05, 3.63) is 23.8 Å². The van der Waals surface area contributed by atoms with E-state index < -0.39 is 5.97 Å². The topological polar surface area (TPSA) is 72.5 Å². The van der Waals surface area contributed by atoms with Gasteiger partial charge in [0.1, 0.15) is 0 Å². The maximum absolute atomic E-state index is 11.2. The van der Waals surface area contributed by atoms with E-state index in [1.165, 1.54) is 18.9 Å². The number of thioether (sulfide) groups is 1. The summed E-state index contributed by atoms with van der Waals surface area (Å²) >= 11 is 1.45. The molecule has 0 saturated carbocycles. The molecule has 3 N–H and O–H groups in total. The average Bonchev–Trinajstić information content (AvgIpc) is 2.26. The van der Waals surface area contributed by atoms with Crippen molar-refractivity contribution in [2.75, 3.05) is 25.2 Å². The minimum absolute atomic E-state index is 0. The summed E-state index contributed by atoms with van der Waals surface area (Å²) in [5.41, 5.74) is 6.70. The second kappa shape index (κ2) is 7.66. The second-order valence-corrected chi connectivity index (χ2v) is 3.95. The smallest absolute Gasteiger partial charge is 0.337 e. The molecule has 0 radical (unpaired) electrons. The Labute approximate surface area is 111 Å². The molecule has 1 aromatic carbocycles. The van der Waals surface area contributed by atoms with Crippen LogP contribution in [0.25, 0.3) is 0 Å². The van der Waals surface area contributed by atoms with Gasteiger partial charge in [0.05, 0.1) is 19.3 Å². The normalized spacial score (nSPS) is 9.38. The van der Waals surface area contributed by atoms with Crippen molar-refractivity contribution in [3.63, 3.8) is 0 Å². The molecule has 84 valence electrons. The molecule has 0 aliphatic rings. The van der Waals surface area contributed by atoms with Gasteiger partial charge in [-0.15, -0.1) is 11.8 Å². The molecule has 16 heavy (non-hydrogen) atoms. The van der Waals surface area contributed by atoms with Crippen LogP contribution < -0.4 is 5.73 Å². The summed E-state index contributed by atoms with van der Waals surface area (Å²) in [6.07, 6.45) is 0. The SMILES string of the molecule is COC(=O)c1ccc(SCCO)c(N)c1.[Zn]. The van der Waals surface area contributed by atoms with E-state index in [-0.39, 0.29) is 26.1 Å². The van der Waals surface area contributed by atoms with E-state index in [1.54, 1.807) is 18.2 Å². The molecule has 0 aliphatic heterocycles. The van der Waals surface area contributed by atoms with Crippen molar-refractivity contribution in [1.82, 2.24) is 0 Å². The summed E-state index contributed by atoms with van der Waals surface area (Å²) in [7, 11) is 1.33. The van der Waals surface area contributed by atoms with Crippen LogP contribution in [0, 0.1) is 0 Å². The molecule has 1 rings (SSSR count). The zero-order valence-electron chi connectivity index (χ0n) is 9.10. The Hall–Kier alpha value is -0.577. The van der Waals surface area contributed by atoms with Crippen LogP contribution in [0.4, 0.5) is 5.69 Å². The third kappa shape index (κ3) is 4.12. The molecule has 4 nitrogen and oxygen atoms in total. The summed E-state index contributed by atoms with van der Waals surface area (Å²) in [4.78, 5) is 12.0. The minimum Gasteiger partial charge on any atom is -0.465 e. The molecule has 0 fully saturated rings. The fourth-order valence-corrected chi connectivity index (χ4v) is 1.78. The Morgan fingerprint density at radius 3 is 2.75 bits per heavy atom. The van der Waals surface area contributed by atoms with Gasteiger partial charge in [-0.05, 0) is 18.2 Å². The van der Waals surface area contributed by atoms with Gasteiger partial charge in [0, 0.05) is 35.8 Å². The maximum Gasteiger partial charge on any atom is 0.337 e. The monoisotopic (exact) mass is 291 g/mol. The quantitative estimate of drug-likeness (QED) is 0.377. The van der Waals surface area contributed by atoms with Crippen molar-refractivity contribution in [2.45, 2.75) is 4.90 Å². The van der Waals surface area contributed by atoms with Crippen LogP contribution in [-0.4, -0.2) is 30.5 Å². The van der Waals surface area contributed by atoms with Crippen molar-refractivity contribution in [1.29, 1.82) is 0 Å². The number of rotatable bonds is 4. The summed E-state index contributed by atoms with van der Waals surface area (Å²) in [5.74, 6) is 0.183. The minimum atomic E-state index is -0.402. The van der Waals surface area contributed by atoms with Crippen LogP contribution in [0.15, 0.2) is 23.1 Å². The van der Waals surface area contributed by atoms with E-state index in [0.717, 1.165) is 4.90 Å². The van der Waals surface area contributed by atoms with Crippen LogP contribution in [0.3, 0.4) is 0 Å². The van der Waals surface area contributed by atoms with E-state index in [1.807, 2.05) is 0 Å². The molecule has 6 heteroatoms. The largest absolute Gasteiger partial charge is 0.465 e. The Bertz CT molecular complexity index is 360. The standard InChI is InChI=1S/C10H13NO3S.Zn/c1-14-10(13)7-2-3-9(8(11)6-7)15-5-4-12;/h2-3,6,12H,4-5,11H2,1H3;. The molecule has 0 unspecified atom stereocenters. The molecule has 0 amide bonds. The van der Waals surface area contributed by atoms with Crippen molar-refractivity contribution < 1.29 is 34.1 Å². The first-order chi connectivity index (χ1) is 7.19. The number of hydrogen-bond donors (Lipinski definition) is 2. The zero-order valence-corrected chi connectivity index (χ0v) is 12.9. The number of methoxy groups -OCH3 is 1. The van der Waals surface area contributed by atoms with E-state index in [0.29, 0.717) is 17.0 Å². The summed E-state index contributed by atoms with van der Waals surface area (Å²) in [6, 6.07) is 4.98. The van der Waals surface area contributed by atoms with Crippen LogP contribution in [0.1, 0.15) is 10.4 Å². The molecule has 0 atom stereocenters. The van der Waals surface area contributed by atoms with Crippen molar-refractivity contribution in [3.8, 4) is 0 Å². The van der Waals surface area contributed by atoms with Gasteiger partial charge in [-0.25, -0.2) is 4.79 Å². The number of carbonyl (C=O) groups is 1. The molecule has 0 aliphatic carbocycles. The van der Waals surface area contributed by atoms with Gasteiger partial charge >= 0.3 is 5.97 Å². The predicted molar refractivity (Wildman–Crippen MR) is 60.0 cm³/mol. The molecular formula is C10H13NO3SZn. The fourth-order valence-electron chi connectivity index (χ4n) is 1.08. The van der Waals surface area contributed by atoms with Gasteiger partial charge in [-0.3, -0.25) is 0 Å². The Morgan fingerprint density at radius 1 is 1.56 bits per heavy atom.